The van der Waals surface area contributed by atoms with Crippen LogP contribution >= 0.6 is 38.6 Å². The first-order valence-corrected chi connectivity index (χ1v) is 9.80. The van der Waals surface area contributed by atoms with Crippen LogP contribution in [0.1, 0.15) is 22.4 Å². The number of rotatable bonds is 3. The third-order valence-electron chi connectivity index (χ3n) is 3.09. The van der Waals surface area contributed by atoms with Gasteiger partial charge in [0.2, 0.25) is 0 Å². The van der Waals surface area contributed by atoms with Crippen molar-refractivity contribution in [3.8, 4) is 6.07 Å². The topological polar surface area (TPSA) is 70.0 Å². The minimum absolute atomic E-state index is 0.231. The summed E-state index contributed by atoms with van der Waals surface area (Å²) >= 11 is 5.75. The molecule has 3 rings (SSSR count). The maximum absolute atomic E-state index is 12.3. The molecular formula is C12H9BrN2O2S3. The molecule has 0 spiro atoms. The van der Waals surface area contributed by atoms with E-state index in [2.05, 4.69) is 26.7 Å². The summed E-state index contributed by atoms with van der Waals surface area (Å²) in [6.45, 7) is 0. The second-order valence-corrected chi connectivity index (χ2v) is 9.09. The maximum atomic E-state index is 12.3. The molecule has 8 heteroatoms. The van der Waals surface area contributed by atoms with E-state index in [0.29, 0.717) is 15.0 Å². The van der Waals surface area contributed by atoms with E-state index in [1.54, 1.807) is 11.4 Å². The molecule has 1 aliphatic carbocycles. The molecule has 0 saturated heterocycles. The zero-order valence-electron chi connectivity index (χ0n) is 10.1. The van der Waals surface area contributed by atoms with Crippen molar-refractivity contribution < 1.29 is 8.42 Å². The summed E-state index contributed by atoms with van der Waals surface area (Å²) in [7, 11) is -3.64. The Morgan fingerprint density at radius 1 is 1.40 bits per heavy atom. The van der Waals surface area contributed by atoms with E-state index in [1.807, 2.05) is 0 Å². The third kappa shape index (κ3) is 2.29. The number of hydrogen-bond acceptors (Lipinski definition) is 5. The molecule has 0 atom stereocenters. The normalized spacial score (nSPS) is 14.0. The molecule has 104 valence electrons. The summed E-state index contributed by atoms with van der Waals surface area (Å²) in [4.78, 5) is 1.13. The molecule has 2 aromatic rings. The van der Waals surface area contributed by atoms with Crippen molar-refractivity contribution >= 4 is 53.6 Å². The molecule has 1 aliphatic rings. The first-order valence-electron chi connectivity index (χ1n) is 5.83. The number of nitrogens with one attached hydrogen (secondary N) is 1. The van der Waals surface area contributed by atoms with E-state index in [9.17, 15) is 13.7 Å². The lowest BCUT2D eigenvalue weighted by Gasteiger charge is -2.05. The van der Waals surface area contributed by atoms with E-state index in [1.165, 1.54) is 11.3 Å². The van der Waals surface area contributed by atoms with Crippen LogP contribution in [0, 0.1) is 11.3 Å². The van der Waals surface area contributed by atoms with Crippen LogP contribution in [-0.2, 0) is 22.9 Å². The van der Waals surface area contributed by atoms with Crippen LogP contribution in [0.2, 0.25) is 0 Å². The van der Waals surface area contributed by atoms with Gasteiger partial charge in [-0.25, -0.2) is 8.42 Å². The van der Waals surface area contributed by atoms with Gasteiger partial charge in [0.15, 0.2) is 4.21 Å². The monoisotopic (exact) mass is 388 g/mol. The average Bonchev–Trinajstić information content (AvgIpc) is 3.04. The Balaban J connectivity index is 2.01. The molecule has 2 heterocycles. The van der Waals surface area contributed by atoms with Crippen LogP contribution in [-0.4, -0.2) is 8.42 Å². The van der Waals surface area contributed by atoms with Crippen LogP contribution in [0.25, 0.3) is 0 Å². The Hall–Kier alpha value is -0.880. The molecule has 0 aliphatic heterocycles. The lowest BCUT2D eigenvalue weighted by atomic mass is 10.1. The first-order chi connectivity index (χ1) is 9.53. The first kappa shape index (κ1) is 14.1. The summed E-state index contributed by atoms with van der Waals surface area (Å²) in [5.41, 5.74) is 1.50. The molecule has 0 unspecified atom stereocenters. The van der Waals surface area contributed by atoms with Crippen LogP contribution < -0.4 is 4.72 Å². The van der Waals surface area contributed by atoms with Crippen LogP contribution in [0.5, 0.6) is 0 Å². The molecule has 4 nitrogen and oxygen atoms in total. The third-order valence-corrected chi connectivity index (χ3v) is 8.44. The summed E-state index contributed by atoms with van der Waals surface area (Å²) in [5, 5.41) is 11.4. The van der Waals surface area contributed by atoms with Crippen molar-refractivity contribution in [2.45, 2.75) is 23.5 Å². The Morgan fingerprint density at radius 2 is 2.20 bits per heavy atom. The number of anilines is 1. The SMILES string of the molecule is N#Cc1c(NS(=O)(=O)c2sccc2Br)sc2c1CCC2. The standard InChI is InChI=1S/C12H9BrN2O2S3/c13-9-4-5-18-12(9)20(16,17)15-11-8(6-14)7-2-1-3-10(7)19-11/h4-5,15H,1-3H2. The number of thiophene rings is 2. The van der Waals surface area contributed by atoms with Crippen LogP contribution in [0.3, 0.4) is 0 Å². The van der Waals surface area contributed by atoms with Crippen molar-refractivity contribution in [3.63, 3.8) is 0 Å². The predicted molar refractivity (Wildman–Crippen MR) is 83.9 cm³/mol. The number of hydrogen-bond donors (Lipinski definition) is 1. The number of aryl methyl sites for hydroxylation is 1. The van der Waals surface area contributed by atoms with Gasteiger partial charge in [-0.2, -0.15) is 5.26 Å². The fourth-order valence-electron chi connectivity index (χ4n) is 2.23. The highest BCUT2D eigenvalue weighted by Gasteiger charge is 2.26. The molecule has 20 heavy (non-hydrogen) atoms. The average molecular weight is 389 g/mol. The van der Waals surface area contributed by atoms with Crippen LogP contribution in [0.15, 0.2) is 20.1 Å². The zero-order chi connectivity index (χ0) is 14.3. The fourth-order valence-corrected chi connectivity index (χ4v) is 7.12. The molecule has 0 aromatic carbocycles. The summed E-state index contributed by atoms with van der Waals surface area (Å²) in [5.74, 6) is 0. The van der Waals surface area contributed by atoms with Gasteiger partial charge in [0.25, 0.3) is 10.0 Å². The van der Waals surface area contributed by atoms with E-state index in [0.717, 1.165) is 41.0 Å². The number of nitriles is 1. The molecule has 0 amide bonds. The molecule has 2 aromatic heterocycles. The van der Waals surface area contributed by atoms with Gasteiger partial charge < -0.3 is 0 Å². The van der Waals surface area contributed by atoms with Crippen molar-refractivity contribution in [3.05, 3.63) is 31.9 Å². The molecular weight excluding hydrogens is 380 g/mol. The summed E-state index contributed by atoms with van der Waals surface area (Å²) in [6, 6.07) is 3.83. The highest BCUT2D eigenvalue weighted by Crippen LogP contribution is 2.40. The van der Waals surface area contributed by atoms with E-state index in [4.69, 9.17) is 0 Å². The van der Waals surface area contributed by atoms with E-state index < -0.39 is 10.0 Å². The molecule has 0 radical (unpaired) electrons. The van der Waals surface area contributed by atoms with Gasteiger partial charge in [-0.05, 0) is 52.2 Å². The van der Waals surface area contributed by atoms with Crippen molar-refractivity contribution in [1.29, 1.82) is 5.26 Å². The summed E-state index contributed by atoms with van der Waals surface area (Å²) < 4.78 is 28.0. The fraction of sp³-hybridized carbons (Fsp3) is 0.250. The summed E-state index contributed by atoms with van der Waals surface area (Å²) in [6.07, 6.45) is 2.83. The van der Waals surface area contributed by atoms with Gasteiger partial charge in [0, 0.05) is 9.35 Å². The minimum atomic E-state index is -3.64. The minimum Gasteiger partial charge on any atom is -0.269 e. The largest absolute Gasteiger partial charge is 0.273 e. The molecule has 0 fully saturated rings. The number of sulfonamides is 1. The lowest BCUT2D eigenvalue weighted by molar-refractivity contribution is 0.603. The predicted octanol–water partition coefficient (Wildman–Crippen LogP) is 3.73. The van der Waals surface area contributed by atoms with E-state index in [-0.39, 0.29) is 4.21 Å². The molecule has 0 saturated carbocycles. The highest BCUT2D eigenvalue weighted by molar-refractivity contribution is 9.10. The van der Waals surface area contributed by atoms with E-state index >= 15 is 0 Å². The Morgan fingerprint density at radius 3 is 2.85 bits per heavy atom. The van der Waals surface area contributed by atoms with Crippen molar-refractivity contribution in [2.24, 2.45) is 0 Å². The number of halogens is 1. The maximum Gasteiger partial charge on any atom is 0.273 e. The van der Waals surface area contributed by atoms with Gasteiger partial charge in [-0.15, -0.1) is 22.7 Å². The van der Waals surface area contributed by atoms with Gasteiger partial charge in [0.05, 0.1) is 5.56 Å². The second kappa shape index (κ2) is 5.15. The number of fused-ring (bicyclic) bond motifs is 1. The zero-order valence-corrected chi connectivity index (χ0v) is 14.2. The van der Waals surface area contributed by atoms with Crippen LogP contribution in [0.4, 0.5) is 5.00 Å². The Bertz CT molecular complexity index is 814. The molecule has 1 N–H and O–H groups in total. The molecule has 0 bridgehead atoms. The number of nitrogens with zero attached hydrogens (tertiary/aromatic N) is 1. The van der Waals surface area contributed by atoms with Gasteiger partial charge in [-0.1, -0.05) is 0 Å². The Kier molecular flexibility index (Phi) is 3.62. The lowest BCUT2D eigenvalue weighted by Crippen LogP contribution is -2.12. The Labute approximate surface area is 133 Å². The highest BCUT2D eigenvalue weighted by atomic mass is 79.9. The van der Waals surface area contributed by atoms with Crippen molar-refractivity contribution in [1.82, 2.24) is 0 Å². The quantitative estimate of drug-likeness (QED) is 0.870. The van der Waals surface area contributed by atoms with Gasteiger partial charge in [-0.3, -0.25) is 4.72 Å². The van der Waals surface area contributed by atoms with Gasteiger partial charge >= 0.3 is 0 Å². The van der Waals surface area contributed by atoms with Crippen molar-refractivity contribution in [2.75, 3.05) is 4.72 Å². The second-order valence-electron chi connectivity index (χ2n) is 4.33. The smallest absolute Gasteiger partial charge is 0.269 e. The van der Waals surface area contributed by atoms with Gasteiger partial charge in [0.1, 0.15) is 11.1 Å².